The Bertz CT molecular complexity index is 1540. The van der Waals surface area contributed by atoms with E-state index >= 15 is 0 Å². The van der Waals surface area contributed by atoms with Crippen LogP contribution in [0.1, 0.15) is 196 Å². The van der Waals surface area contributed by atoms with Gasteiger partial charge in [0, 0.05) is 31.0 Å². The van der Waals surface area contributed by atoms with Gasteiger partial charge in [0.1, 0.15) is 11.6 Å². The van der Waals surface area contributed by atoms with Gasteiger partial charge in [-0.05, 0) is 65.9 Å². The summed E-state index contributed by atoms with van der Waals surface area (Å²) >= 11 is 0. The lowest BCUT2D eigenvalue weighted by Crippen LogP contribution is -2.25. The van der Waals surface area contributed by atoms with Crippen LogP contribution in [-0.2, 0) is 0 Å². The molecular formula is C50H72N4O2. The van der Waals surface area contributed by atoms with E-state index in [2.05, 4.69) is 60.1 Å². The molecule has 0 saturated heterocycles. The smallest absolute Gasteiger partial charge is 0.287 e. The van der Waals surface area contributed by atoms with Crippen molar-refractivity contribution < 1.29 is 4.92 Å². The van der Waals surface area contributed by atoms with Crippen molar-refractivity contribution in [1.29, 1.82) is 5.26 Å². The molecule has 0 aliphatic rings. The number of hydrogen-bond acceptors (Lipinski definition) is 5. The van der Waals surface area contributed by atoms with Gasteiger partial charge in [-0.1, -0.05) is 192 Å². The number of pyridine rings is 1. The van der Waals surface area contributed by atoms with E-state index < -0.39 is 4.92 Å². The summed E-state index contributed by atoms with van der Waals surface area (Å²) in [5.74, 6) is 0. The molecule has 56 heavy (non-hydrogen) atoms. The Morgan fingerprint density at radius 1 is 0.571 bits per heavy atom. The van der Waals surface area contributed by atoms with Crippen molar-refractivity contribution in [2.45, 2.75) is 168 Å². The minimum Gasteiger partial charge on any atom is -0.372 e. The molecule has 1 heterocycles. The number of nitrogens with zero attached hydrogens (tertiary/aromatic N) is 4. The van der Waals surface area contributed by atoms with Crippen molar-refractivity contribution in [3.8, 4) is 6.07 Å². The summed E-state index contributed by atoms with van der Waals surface area (Å²) in [5, 5.41) is 20.4. The van der Waals surface area contributed by atoms with Crippen LogP contribution in [0.15, 0.2) is 60.8 Å². The number of rotatable bonds is 32. The van der Waals surface area contributed by atoms with Crippen LogP contribution in [0.3, 0.4) is 0 Å². The number of benzene rings is 2. The summed E-state index contributed by atoms with van der Waals surface area (Å²) in [4.78, 5) is 17.8. The van der Waals surface area contributed by atoms with Crippen LogP contribution in [-0.4, -0.2) is 23.0 Å². The van der Waals surface area contributed by atoms with Gasteiger partial charge in [0.05, 0.1) is 10.6 Å². The van der Waals surface area contributed by atoms with Crippen molar-refractivity contribution in [2.24, 2.45) is 0 Å². The lowest BCUT2D eigenvalue weighted by molar-refractivity contribution is -0.385. The van der Waals surface area contributed by atoms with Gasteiger partial charge >= 0.3 is 0 Å². The molecule has 3 aromatic rings. The van der Waals surface area contributed by atoms with Crippen molar-refractivity contribution >= 4 is 35.7 Å². The maximum absolute atomic E-state index is 11.1. The summed E-state index contributed by atoms with van der Waals surface area (Å²) in [7, 11) is 0. The van der Waals surface area contributed by atoms with Gasteiger partial charge in [0.15, 0.2) is 0 Å². The zero-order valence-electron chi connectivity index (χ0n) is 35.1. The number of anilines is 1. The second kappa shape index (κ2) is 30.0. The summed E-state index contributed by atoms with van der Waals surface area (Å²) in [6.45, 7) is 6.86. The molecular weight excluding hydrogens is 689 g/mol. The Morgan fingerprint density at radius 3 is 1.45 bits per heavy atom. The number of unbranched alkanes of at least 4 members (excludes halogenated alkanes) is 22. The second-order valence-corrected chi connectivity index (χ2v) is 15.7. The SMILES string of the molecule is CCCCCCCCCCCCCCN(CCCCCCCCCCCCCC)c1ccc(/C=C/c2ccc(/C=C/c3ccc([N+](=O)[O-])c(C#N)c3)nc2)cc1. The van der Waals surface area contributed by atoms with Crippen LogP contribution < -0.4 is 4.90 Å². The molecule has 2 aromatic carbocycles. The van der Waals surface area contributed by atoms with Gasteiger partial charge < -0.3 is 4.90 Å². The average molecular weight is 761 g/mol. The molecule has 0 saturated carbocycles. The van der Waals surface area contributed by atoms with Gasteiger partial charge in [0.25, 0.3) is 5.69 Å². The Morgan fingerprint density at radius 2 is 1.00 bits per heavy atom. The van der Waals surface area contributed by atoms with E-state index in [1.165, 1.54) is 177 Å². The Balaban J connectivity index is 1.46. The molecule has 0 aliphatic carbocycles. The monoisotopic (exact) mass is 761 g/mol. The molecule has 6 heteroatoms. The van der Waals surface area contributed by atoms with Crippen molar-refractivity contribution in [3.05, 3.63) is 98.9 Å². The lowest BCUT2D eigenvalue weighted by atomic mass is 10.0. The van der Waals surface area contributed by atoms with Gasteiger partial charge in [-0.3, -0.25) is 15.1 Å². The molecule has 0 bridgehead atoms. The van der Waals surface area contributed by atoms with E-state index in [4.69, 9.17) is 0 Å². The molecule has 0 amide bonds. The predicted octanol–water partition coefficient (Wildman–Crippen LogP) is 15.4. The highest BCUT2D eigenvalue weighted by molar-refractivity contribution is 5.72. The van der Waals surface area contributed by atoms with E-state index in [9.17, 15) is 15.4 Å². The summed E-state index contributed by atoms with van der Waals surface area (Å²) < 4.78 is 0. The highest BCUT2D eigenvalue weighted by Gasteiger charge is 2.13. The Kier molecular flexibility index (Phi) is 24.7. The second-order valence-electron chi connectivity index (χ2n) is 15.7. The van der Waals surface area contributed by atoms with Crippen LogP contribution in [0.5, 0.6) is 0 Å². The molecule has 0 unspecified atom stereocenters. The van der Waals surface area contributed by atoms with E-state index in [0.29, 0.717) is 5.56 Å². The quantitative estimate of drug-likeness (QED) is 0.0359. The fourth-order valence-corrected chi connectivity index (χ4v) is 7.35. The normalized spacial score (nSPS) is 11.4. The van der Waals surface area contributed by atoms with Crippen molar-refractivity contribution in [2.75, 3.05) is 18.0 Å². The van der Waals surface area contributed by atoms with Gasteiger partial charge in [0.2, 0.25) is 0 Å². The number of hydrogen-bond donors (Lipinski definition) is 0. The Labute approximate surface area is 340 Å². The van der Waals surface area contributed by atoms with E-state index in [-0.39, 0.29) is 11.3 Å². The summed E-state index contributed by atoms with van der Waals surface area (Å²) in [5.41, 5.74) is 4.85. The molecule has 6 nitrogen and oxygen atoms in total. The molecule has 0 radical (unpaired) electrons. The predicted molar refractivity (Wildman–Crippen MR) is 241 cm³/mol. The third-order valence-corrected chi connectivity index (χ3v) is 10.9. The van der Waals surface area contributed by atoms with Crippen LogP contribution >= 0.6 is 0 Å². The van der Waals surface area contributed by atoms with Crippen LogP contribution in [0.2, 0.25) is 0 Å². The first-order valence-corrected chi connectivity index (χ1v) is 22.4. The van der Waals surface area contributed by atoms with E-state index in [1.54, 1.807) is 6.07 Å². The third-order valence-electron chi connectivity index (χ3n) is 10.9. The first kappa shape index (κ1) is 46.1. The highest BCUT2D eigenvalue weighted by atomic mass is 16.6. The number of nitriles is 1. The Hall–Kier alpha value is -4.24. The highest BCUT2D eigenvalue weighted by Crippen LogP contribution is 2.22. The summed E-state index contributed by atoms with van der Waals surface area (Å²) in [6.07, 6.45) is 42.9. The first-order valence-electron chi connectivity index (χ1n) is 22.4. The zero-order valence-corrected chi connectivity index (χ0v) is 35.1. The molecule has 0 atom stereocenters. The first-order chi connectivity index (χ1) is 27.5. The maximum Gasteiger partial charge on any atom is 0.287 e. The number of aromatic nitrogens is 1. The molecule has 0 spiro atoms. The standard InChI is InChI=1S/C50H72N4O2/c1-3-5-7-9-11-13-15-17-19-21-23-25-39-53(40-26-24-22-20-18-16-14-12-10-8-6-4-2)49-36-31-44(32-37-49)27-28-46-30-35-48(52-43-46)34-29-45-33-38-50(54(55)56)47(41-45)42-51/h27-38,41,43H,3-26,39-40H2,1-2H3/b28-27+,34-29+. The van der Waals surface area contributed by atoms with Gasteiger partial charge in [-0.2, -0.15) is 5.26 Å². The minimum absolute atomic E-state index is 0.0468. The minimum atomic E-state index is -0.537. The number of nitro benzene ring substituents is 1. The molecule has 3 rings (SSSR count). The van der Waals surface area contributed by atoms with Gasteiger partial charge in [-0.25, -0.2) is 0 Å². The third kappa shape index (κ3) is 20.1. The fraction of sp³-hybridized carbons (Fsp3) is 0.560. The van der Waals surface area contributed by atoms with Crippen LogP contribution in [0.25, 0.3) is 24.3 Å². The largest absolute Gasteiger partial charge is 0.372 e. The summed E-state index contributed by atoms with van der Waals surface area (Å²) in [6, 6.07) is 19.4. The van der Waals surface area contributed by atoms with Crippen molar-refractivity contribution in [3.63, 3.8) is 0 Å². The molecule has 0 fully saturated rings. The zero-order chi connectivity index (χ0) is 39.9. The maximum atomic E-state index is 11.1. The van der Waals surface area contributed by atoms with Crippen LogP contribution in [0.4, 0.5) is 11.4 Å². The average Bonchev–Trinajstić information content (AvgIpc) is 3.22. The lowest BCUT2D eigenvalue weighted by Gasteiger charge is -2.25. The molecule has 304 valence electrons. The van der Waals surface area contributed by atoms with E-state index in [1.807, 2.05) is 36.6 Å². The number of nitro groups is 1. The molecule has 1 aromatic heterocycles. The van der Waals surface area contributed by atoms with Gasteiger partial charge in [-0.15, -0.1) is 0 Å². The molecule has 0 N–H and O–H groups in total. The molecule has 0 aliphatic heterocycles. The topological polar surface area (TPSA) is 83.1 Å². The van der Waals surface area contributed by atoms with E-state index in [0.717, 1.165) is 24.3 Å². The van der Waals surface area contributed by atoms with Crippen LogP contribution in [0, 0.1) is 21.4 Å². The fourth-order valence-electron chi connectivity index (χ4n) is 7.35. The van der Waals surface area contributed by atoms with Crippen molar-refractivity contribution in [1.82, 2.24) is 4.98 Å².